The van der Waals surface area contributed by atoms with Crippen molar-refractivity contribution < 1.29 is 14.3 Å². The molecule has 0 bridgehead atoms. The highest BCUT2D eigenvalue weighted by Crippen LogP contribution is 2.40. The molecule has 0 saturated carbocycles. The van der Waals surface area contributed by atoms with Crippen LogP contribution in [0.2, 0.25) is 0 Å². The fraction of sp³-hybridized carbons (Fsp3) is 0.188. The molecule has 3 aromatic rings. The molecule has 0 heterocycles. The van der Waals surface area contributed by atoms with Crippen LogP contribution in [0, 0.1) is 11.3 Å². The van der Waals surface area contributed by atoms with Crippen LogP contribution in [0.3, 0.4) is 0 Å². The number of allylic oxidation sites excluding steroid dienone is 5. The summed E-state index contributed by atoms with van der Waals surface area (Å²) in [6, 6.07) is 27.3. The molecular weight excluding hydrogens is 460 g/mol. The highest BCUT2D eigenvalue weighted by Gasteiger charge is 2.24. The lowest BCUT2D eigenvalue weighted by molar-refractivity contribution is -0.112. The van der Waals surface area contributed by atoms with Gasteiger partial charge in [-0.1, -0.05) is 59.7 Å². The van der Waals surface area contributed by atoms with E-state index in [0.717, 1.165) is 39.3 Å². The highest BCUT2D eigenvalue weighted by molar-refractivity contribution is 6.07. The molecule has 0 aromatic heterocycles. The van der Waals surface area contributed by atoms with Crippen LogP contribution >= 0.6 is 0 Å². The lowest BCUT2D eigenvalue weighted by Crippen LogP contribution is -2.13. The molecule has 1 N–H and O–H groups in total. The Bertz CT molecular complexity index is 1380. The number of hydrogen-bond acceptors (Lipinski definition) is 4. The normalized spacial score (nSPS) is 15.1. The first-order chi connectivity index (χ1) is 18.0. The Labute approximate surface area is 218 Å². The fourth-order valence-corrected chi connectivity index (χ4v) is 4.42. The van der Waals surface area contributed by atoms with E-state index in [1.807, 2.05) is 62.4 Å². The summed E-state index contributed by atoms with van der Waals surface area (Å²) in [6.07, 6.45) is 3.71. The largest absolute Gasteiger partial charge is 0.494 e. The number of hydrogen-bond donors (Lipinski definition) is 1. The van der Waals surface area contributed by atoms with E-state index in [2.05, 4.69) is 30.4 Å². The van der Waals surface area contributed by atoms with Gasteiger partial charge in [0.1, 0.15) is 29.7 Å². The Morgan fingerprint density at radius 2 is 1.59 bits per heavy atom. The second kappa shape index (κ2) is 11.9. The number of nitrogens with zero attached hydrogens (tertiary/aromatic N) is 1. The number of amides is 1. The number of nitrogens with one attached hydrogen (secondary N) is 1. The monoisotopic (exact) mass is 490 g/mol. The number of carbonyl (C=O) groups is 1. The zero-order valence-electron chi connectivity index (χ0n) is 21.3. The molecule has 0 radical (unpaired) electrons. The number of anilines is 1. The zero-order valence-corrected chi connectivity index (χ0v) is 21.3. The first kappa shape index (κ1) is 25.5. The van der Waals surface area contributed by atoms with E-state index in [1.54, 1.807) is 30.3 Å². The van der Waals surface area contributed by atoms with Gasteiger partial charge in [0.25, 0.3) is 5.91 Å². The molecule has 1 amide bonds. The maximum atomic E-state index is 12.8. The summed E-state index contributed by atoms with van der Waals surface area (Å²) in [5.74, 6) is 1.18. The fourth-order valence-electron chi connectivity index (χ4n) is 4.42. The van der Waals surface area contributed by atoms with Gasteiger partial charge in [0.05, 0.1) is 6.61 Å². The van der Waals surface area contributed by atoms with Crippen molar-refractivity contribution in [3.63, 3.8) is 0 Å². The molecule has 0 spiro atoms. The van der Waals surface area contributed by atoms with Crippen LogP contribution in [0.1, 0.15) is 37.8 Å². The minimum atomic E-state index is -0.443. The summed E-state index contributed by atoms with van der Waals surface area (Å²) in [7, 11) is 0. The SMILES string of the molecule is CCOc1ccc(NC(=O)/C(C#N)=C\C2=C(C)[C@@H](c3ccc(OCc4ccccc4)cc3)C(C)=C2)cc1. The maximum Gasteiger partial charge on any atom is 0.266 e. The third-order valence-electron chi connectivity index (χ3n) is 6.28. The number of benzene rings is 3. The Balaban J connectivity index is 1.46. The Morgan fingerprint density at radius 1 is 0.946 bits per heavy atom. The van der Waals surface area contributed by atoms with E-state index >= 15 is 0 Å². The molecule has 3 aromatic carbocycles. The predicted octanol–water partition coefficient (Wildman–Crippen LogP) is 7.11. The summed E-state index contributed by atoms with van der Waals surface area (Å²) in [5, 5.41) is 12.5. The number of ether oxygens (including phenoxy) is 2. The van der Waals surface area contributed by atoms with Crippen molar-refractivity contribution in [2.45, 2.75) is 33.3 Å². The van der Waals surface area contributed by atoms with Crippen molar-refractivity contribution in [2.75, 3.05) is 11.9 Å². The summed E-state index contributed by atoms with van der Waals surface area (Å²) in [6.45, 7) is 7.12. The van der Waals surface area contributed by atoms with Gasteiger partial charge in [0.15, 0.2) is 0 Å². The summed E-state index contributed by atoms with van der Waals surface area (Å²) in [5.41, 5.74) is 6.05. The molecular formula is C32H30N2O3. The van der Waals surface area contributed by atoms with Gasteiger partial charge in [-0.15, -0.1) is 0 Å². The quantitative estimate of drug-likeness (QED) is 0.256. The summed E-state index contributed by atoms with van der Waals surface area (Å²) in [4.78, 5) is 12.8. The Hall–Kier alpha value is -4.56. The molecule has 0 aliphatic heterocycles. The second-order valence-corrected chi connectivity index (χ2v) is 8.88. The molecule has 1 aliphatic carbocycles. The first-order valence-corrected chi connectivity index (χ1v) is 12.3. The van der Waals surface area contributed by atoms with Gasteiger partial charge in [0.2, 0.25) is 0 Å². The van der Waals surface area contributed by atoms with Crippen LogP contribution in [-0.2, 0) is 11.4 Å². The Kier molecular flexibility index (Phi) is 8.22. The zero-order chi connectivity index (χ0) is 26.2. The predicted molar refractivity (Wildman–Crippen MR) is 146 cm³/mol. The van der Waals surface area contributed by atoms with Crippen molar-refractivity contribution in [3.8, 4) is 17.6 Å². The van der Waals surface area contributed by atoms with Crippen molar-refractivity contribution in [3.05, 3.63) is 124 Å². The maximum absolute atomic E-state index is 12.8. The van der Waals surface area contributed by atoms with Crippen molar-refractivity contribution in [2.24, 2.45) is 0 Å². The average molecular weight is 491 g/mol. The second-order valence-electron chi connectivity index (χ2n) is 8.88. The molecule has 4 rings (SSSR count). The molecule has 1 atom stereocenters. The molecule has 5 nitrogen and oxygen atoms in total. The minimum Gasteiger partial charge on any atom is -0.494 e. The molecule has 0 fully saturated rings. The smallest absolute Gasteiger partial charge is 0.266 e. The van der Waals surface area contributed by atoms with Crippen LogP contribution in [0.25, 0.3) is 0 Å². The van der Waals surface area contributed by atoms with Gasteiger partial charge >= 0.3 is 0 Å². The molecule has 1 aliphatic rings. The van der Waals surface area contributed by atoms with Crippen LogP contribution in [0.15, 0.2) is 113 Å². The van der Waals surface area contributed by atoms with E-state index < -0.39 is 5.91 Å². The van der Waals surface area contributed by atoms with E-state index in [-0.39, 0.29) is 11.5 Å². The van der Waals surface area contributed by atoms with Crippen molar-refractivity contribution in [1.29, 1.82) is 5.26 Å². The van der Waals surface area contributed by atoms with Gasteiger partial charge in [-0.05, 0) is 79.9 Å². The van der Waals surface area contributed by atoms with Crippen molar-refractivity contribution >= 4 is 11.6 Å². The van der Waals surface area contributed by atoms with Crippen LogP contribution < -0.4 is 14.8 Å². The average Bonchev–Trinajstić information content (AvgIpc) is 3.20. The van der Waals surface area contributed by atoms with E-state index in [0.29, 0.717) is 18.9 Å². The number of nitriles is 1. The third kappa shape index (κ3) is 6.36. The van der Waals surface area contributed by atoms with Gasteiger partial charge in [-0.3, -0.25) is 4.79 Å². The first-order valence-electron chi connectivity index (χ1n) is 12.3. The molecule has 0 saturated heterocycles. The van der Waals surface area contributed by atoms with Crippen molar-refractivity contribution in [1.82, 2.24) is 0 Å². The summed E-state index contributed by atoms with van der Waals surface area (Å²) >= 11 is 0. The lowest BCUT2D eigenvalue weighted by Gasteiger charge is -2.16. The number of carbonyl (C=O) groups excluding carboxylic acids is 1. The van der Waals surface area contributed by atoms with E-state index in [9.17, 15) is 10.1 Å². The minimum absolute atomic E-state index is 0.0533. The standard InChI is InChI=1S/C32H30N2O3/c1-4-36-29-16-12-28(13-17-29)34-32(35)27(20-33)19-26-18-22(2)31(23(26)3)25-10-14-30(15-11-25)37-21-24-8-6-5-7-9-24/h5-19,31H,4,21H2,1-3H3,(H,34,35)/b27-19-/t31-/m0/s1. The summed E-state index contributed by atoms with van der Waals surface area (Å²) < 4.78 is 11.4. The van der Waals surface area contributed by atoms with Gasteiger partial charge < -0.3 is 14.8 Å². The third-order valence-corrected chi connectivity index (χ3v) is 6.28. The lowest BCUT2D eigenvalue weighted by atomic mass is 9.89. The number of rotatable bonds is 9. The van der Waals surface area contributed by atoms with E-state index in [4.69, 9.17) is 9.47 Å². The van der Waals surface area contributed by atoms with Gasteiger partial charge in [-0.2, -0.15) is 5.26 Å². The molecule has 5 heteroatoms. The molecule has 0 unspecified atom stereocenters. The topological polar surface area (TPSA) is 71.3 Å². The van der Waals surface area contributed by atoms with E-state index in [1.165, 1.54) is 0 Å². The molecule has 37 heavy (non-hydrogen) atoms. The molecule has 186 valence electrons. The van der Waals surface area contributed by atoms with Crippen LogP contribution in [0.5, 0.6) is 11.5 Å². The van der Waals surface area contributed by atoms with Crippen LogP contribution in [-0.4, -0.2) is 12.5 Å². The highest BCUT2D eigenvalue weighted by atomic mass is 16.5. The van der Waals surface area contributed by atoms with Gasteiger partial charge in [0, 0.05) is 11.6 Å². The Morgan fingerprint density at radius 3 is 2.24 bits per heavy atom. The van der Waals surface area contributed by atoms with Gasteiger partial charge in [-0.25, -0.2) is 0 Å². The van der Waals surface area contributed by atoms with Crippen LogP contribution in [0.4, 0.5) is 5.69 Å².